The number of carbonyl (C=O) groups is 1. The molecule has 0 unspecified atom stereocenters. The molecule has 1 aliphatic heterocycles. The second-order valence-corrected chi connectivity index (χ2v) is 4.71. The van der Waals surface area contributed by atoms with Gasteiger partial charge in [-0.2, -0.15) is 16.4 Å². The topological polar surface area (TPSA) is 46.9 Å². The molecule has 0 saturated carbocycles. The van der Waals surface area contributed by atoms with Crippen molar-refractivity contribution < 1.29 is 4.79 Å². The van der Waals surface area contributed by atoms with Gasteiger partial charge in [-0.1, -0.05) is 0 Å². The summed E-state index contributed by atoms with van der Waals surface area (Å²) in [6, 6.07) is 2.07. The van der Waals surface area contributed by atoms with E-state index in [1.165, 1.54) is 5.56 Å². The molecule has 0 spiro atoms. The van der Waals surface area contributed by atoms with Crippen molar-refractivity contribution in [1.82, 2.24) is 9.78 Å². The first-order valence-electron chi connectivity index (χ1n) is 5.09. The molecule has 0 aromatic carbocycles. The molecular formula is C11H11N3OS. The lowest BCUT2D eigenvalue weighted by molar-refractivity contribution is -0.116. The lowest BCUT2D eigenvalue weighted by Crippen LogP contribution is -2.24. The van der Waals surface area contributed by atoms with E-state index in [-0.39, 0.29) is 11.8 Å². The molecule has 82 valence electrons. The minimum absolute atomic E-state index is 0.0623. The van der Waals surface area contributed by atoms with Crippen LogP contribution in [0, 0.1) is 0 Å². The zero-order valence-corrected chi connectivity index (χ0v) is 9.62. The summed E-state index contributed by atoms with van der Waals surface area (Å²) < 4.78 is 1.71. The zero-order valence-electron chi connectivity index (χ0n) is 8.80. The first kappa shape index (κ1) is 9.59. The predicted octanol–water partition coefficient (Wildman–Crippen LogP) is 1.96. The summed E-state index contributed by atoms with van der Waals surface area (Å²) >= 11 is 1.66. The number of carbonyl (C=O) groups excluding carboxylic acids is 1. The van der Waals surface area contributed by atoms with Crippen molar-refractivity contribution in [3.63, 3.8) is 0 Å². The van der Waals surface area contributed by atoms with Gasteiger partial charge in [-0.3, -0.25) is 9.48 Å². The number of anilines is 1. The van der Waals surface area contributed by atoms with Crippen molar-refractivity contribution in [2.45, 2.75) is 12.3 Å². The lowest BCUT2D eigenvalue weighted by Gasteiger charge is -2.22. The first-order chi connectivity index (χ1) is 7.75. The minimum Gasteiger partial charge on any atom is -0.311 e. The maximum atomic E-state index is 11.6. The molecule has 3 heterocycles. The third-order valence-electron chi connectivity index (χ3n) is 2.94. The Labute approximate surface area is 96.9 Å². The van der Waals surface area contributed by atoms with Gasteiger partial charge in [0.1, 0.15) is 5.82 Å². The molecule has 0 saturated heterocycles. The normalized spacial score (nSPS) is 19.3. The number of hydrogen-bond donors (Lipinski definition) is 1. The summed E-state index contributed by atoms with van der Waals surface area (Å²) in [7, 11) is 1.84. The van der Waals surface area contributed by atoms with Crippen molar-refractivity contribution in [3.8, 4) is 0 Å². The molecule has 3 rings (SSSR count). The zero-order chi connectivity index (χ0) is 11.1. The van der Waals surface area contributed by atoms with Gasteiger partial charge in [0.15, 0.2) is 0 Å². The van der Waals surface area contributed by atoms with E-state index in [2.05, 4.69) is 21.9 Å². The second kappa shape index (κ2) is 3.45. The Bertz CT molecular complexity index is 529. The van der Waals surface area contributed by atoms with Crippen LogP contribution in [0.1, 0.15) is 23.5 Å². The Morgan fingerprint density at radius 1 is 1.62 bits per heavy atom. The molecule has 0 aliphatic carbocycles. The number of aryl methyl sites for hydroxylation is 1. The number of amides is 1. The van der Waals surface area contributed by atoms with Gasteiger partial charge < -0.3 is 5.32 Å². The molecule has 16 heavy (non-hydrogen) atoms. The fraction of sp³-hybridized carbons (Fsp3) is 0.273. The van der Waals surface area contributed by atoms with E-state index >= 15 is 0 Å². The Kier molecular flexibility index (Phi) is 2.07. The van der Waals surface area contributed by atoms with Crippen LogP contribution in [0.25, 0.3) is 0 Å². The van der Waals surface area contributed by atoms with Gasteiger partial charge in [-0.25, -0.2) is 0 Å². The Morgan fingerprint density at radius 2 is 2.50 bits per heavy atom. The number of fused-ring (bicyclic) bond motifs is 1. The summed E-state index contributed by atoms with van der Waals surface area (Å²) in [4.78, 5) is 11.6. The van der Waals surface area contributed by atoms with Crippen LogP contribution < -0.4 is 5.32 Å². The van der Waals surface area contributed by atoms with Crippen LogP contribution in [0.4, 0.5) is 5.82 Å². The number of rotatable bonds is 1. The van der Waals surface area contributed by atoms with Crippen molar-refractivity contribution in [2.24, 2.45) is 7.05 Å². The Morgan fingerprint density at radius 3 is 3.25 bits per heavy atom. The number of hydrogen-bond acceptors (Lipinski definition) is 3. The summed E-state index contributed by atoms with van der Waals surface area (Å²) in [6.45, 7) is 0. The molecule has 2 aromatic heterocycles. The monoisotopic (exact) mass is 233 g/mol. The highest BCUT2D eigenvalue weighted by Crippen LogP contribution is 2.37. The second-order valence-electron chi connectivity index (χ2n) is 3.93. The summed E-state index contributed by atoms with van der Waals surface area (Å²) in [5.41, 5.74) is 2.31. The third kappa shape index (κ3) is 1.36. The molecule has 5 heteroatoms. The minimum atomic E-state index is 0.0623. The van der Waals surface area contributed by atoms with Gasteiger partial charge in [-0.05, 0) is 22.4 Å². The molecule has 0 bridgehead atoms. The Hall–Kier alpha value is -1.62. The third-order valence-corrected chi connectivity index (χ3v) is 3.64. The van der Waals surface area contributed by atoms with E-state index in [0.717, 1.165) is 11.4 Å². The van der Waals surface area contributed by atoms with Gasteiger partial charge >= 0.3 is 0 Å². The van der Waals surface area contributed by atoms with E-state index in [4.69, 9.17) is 0 Å². The smallest absolute Gasteiger partial charge is 0.226 e. The lowest BCUT2D eigenvalue weighted by atomic mass is 9.89. The van der Waals surface area contributed by atoms with Crippen molar-refractivity contribution in [2.75, 3.05) is 5.32 Å². The standard InChI is InChI=1S/C11H11N3OS/c1-14-11-9(5-12-14)8(4-10(15)13-11)7-2-3-16-6-7/h2-3,5-6,8H,4H2,1H3,(H,13,15)/t8-/m1/s1. The van der Waals surface area contributed by atoms with Crippen LogP contribution in [0.2, 0.25) is 0 Å². The van der Waals surface area contributed by atoms with Crippen LogP contribution in [-0.2, 0) is 11.8 Å². The van der Waals surface area contributed by atoms with Gasteiger partial charge in [0.2, 0.25) is 5.91 Å². The van der Waals surface area contributed by atoms with Gasteiger partial charge in [0, 0.05) is 24.9 Å². The maximum Gasteiger partial charge on any atom is 0.226 e. The fourth-order valence-corrected chi connectivity index (χ4v) is 2.83. The first-order valence-corrected chi connectivity index (χ1v) is 6.04. The van der Waals surface area contributed by atoms with E-state index in [0.29, 0.717) is 6.42 Å². The summed E-state index contributed by atoms with van der Waals surface area (Å²) in [5.74, 6) is 1.04. The number of nitrogens with one attached hydrogen (secondary N) is 1. The summed E-state index contributed by atoms with van der Waals surface area (Å²) in [6.07, 6.45) is 2.35. The quantitative estimate of drug-likeness (QED) is 0.818. The van der Waals surface area contributed by atoms with Gasteiger partial charge in [0.25, 0.3) is 0 Å². The van der Waals surface area contributed by atoms with Crippen molar-refractivity contribution in [1.29, 1.82) is 0 Å². The molecule has 0 fully saturated rings. The molecular weight excluding hydrogens is 222 g/mol. The number of aromatic nitrogens is 2. The molecule has 2 aromatic rings. The van der Waals surface area contributed by atoms with Crippen molar-refractivity contribution in [3.05, 3.63) is 34.2 Å². The van der Waals surface area contributed by atoms with Crippen LogP contribution in [0.15, 0.2) is 23.0 Å². The van der Waals surface area contributed by atoms with E-state index in [9.17, 15) is 4.79 Å². The highest BCUT2D eigenvalue weighted by atomic mass is 32.1. The van der Waals surface area contributed by atoms with Crippen LogP contribution in [-0.4, -0.2) is 15.7 Å². The molecule has 1 aliphatic rings. The van der Waals surface area contributed by atoms with Gasteiger partial charge in [-0.15, -0.1) is 0 Å². The van der Waals surface area contributed by atoms with Crippen LogP contribution >= 0.6 is 11.3 Å². The largest absolute Gasteiger partial charge is 0.311 e. The summed E-state index contributed by atoms with van der Waals surface area (Å²) in [5, 5.41) is 11.2. The highest BCUT2D eigenvalue weighted by molar-refractivity contribution is 7.08. The average molecular weight is 233 g/mol. The number of nitrogens with zero attached hydrogens (tertiary/aromatic N) is 2. The number of thiophene rings is 1. The molecule has 0 radical (unpaired) electrons. The van der Waals surface area contributed by atoms with Crippen LogP contribution in [0.5, 0.6) is 0 Å². The SMILES string of the molecule is Cn1ncc2c1NC(=O)C[C@@H]2c1ccsc1. The van der Waals surface area contributed by atoms with Gasteiger partial charge in [0.05, 0.1) is 6.20 Å². The average Bonchev–Trinajstić information content (AvgIpc) is 2.88. The maximum absolute atomic E-state index is 11.6. The molecule has 1 atom stereocenters. The van der Waals surface area contributed by atoms with E-state index in [1.54, 1.807) is 16.0 Å². The highest BCUT2D eigenvalue weighted by Gasteiger charge is 2.29. The van der Waals surface area contributed by atoms with E-state index < -0.39 is 0 Å². The Balaban J connectivity index is 2.11. The molecule has 1 N–H and O–H groups in total. The predicted molar refractivity (Wildman–Crippen MR) is 62.6 cm³/mol. The molecule has 1 amide bonds. The van der Waals surface area contributed by atoms with Crippen molar-refractivity contribution >= 4 is 23.1 Å². The fourth-order valence-electron chi connectivity index (χ4n) is 2.11. The van der Waals surface area contributed by atoms with E-state index in [1.807, 2.05) is 18.6 Å². The van der Waals surface area contributed by atoms with Crippen LogP contribution in [0.3, 0.4) is 0 Å². The molecule has 4 nitrogen and oxygen atoms in total.